The molecular weight excluding hydrogens is 743 g/mol. The van der Waals surface area contributed by atoms with Crippen molar-refractivity contribution in [2.75, 3.05) is 43.6 Å². The predicted molar refractivity (Wildman–Crippen MR) is 188 cm³/mol. The number of aromatic hydroxyl groups is 1. The average molecular weight is 779 g/mol. The van der Waals surface area contributed by atoms with Gasteiger partial charge in [-0.2, -0.15) is 8.42 Å². The summed E-state index contributed by atoms with van der Waals surface area (Å²) in [6.07, 6.45) is 0.892. The second kappa shape index (κ2) is 13.7. The highest BCUT2D eigenvalue weighted by Gasteiger charge is 2.42. The first kappa shape index (κ1) is 36.0. The third-order valence-electron chi connectivity index (χ3n) is 10.6. The highest BCUT2D eigenvalue weighted by atomic mass is 32.2. The lowest BCUT2D eigenvalue weighted by Crippen LogP contribution is -2.58. The summed E-state index contributed by atoms with van der Waals surface area (Å²) in [7, 11) is -4.37. The molecule has 0 aliphatic carbocycles. The molecule has 0 spiro atoms. The van der Waals surface area contributed by atoms with Crippen LogP contribution in [0, 0.1) is 11.7 Å². The molecule has 19 heteroatoms. The SMILES string of the molecule is O=C1CCC(N2Cc3c(OCC(=O)N4CCC(C(=O)N5CC(Oc6ccc7cc(O)c(N8CC(=O)NS8(=O)=O)c(F)c7c6)C5)CC4)cccc3C2=O)C(=O)N1. The minimum Gasteiger partial charge on any atom is -0.506 e. The Hall–Kier alpha value is -5.98. The Labute approximate surface area is 313 Å². The number of nitrogens with zero attached hydrogens (tertiary/aromatic N) is 4. The van der Waals surface area contributed by atoms with E-state index in [-0.39, 0.29) is 91.3 Å². The molecular formula is C36H35FN6O11S. The van der Waals surface area contributed by atoms with E-state index in [0.29, 0.717) is 47.1 Å². The fourth-order valence-electron chi connectivity index (χ4n) is 7.71. The lowest BCUT2D eigenvalue weighted by atomic mass is 9.93. The number of anilines is 1. The molecule has 5 aliphatic heterocycles. The van der Waals surface area contributed by atoms with E-state index in [9.17, 15) is 42.3 Å². The van der Waals surface area contributed by atoms with Gasteiger partial charge in [-0.15, -0.1) is 0 Å². The minimum absolute atomic E-state index is 0.0296. The van der Waals surface area contributed by atoms with Crippen LogP contribution in [0.1, 0.15) is 41.6 Å². The van der Waals surface area contributed by atoms with Crippen LogP contribution in [0.25, 0.3) is 10.8 Å². The Morgan fingerprint density at radius 2 is 1.71 bits per heavy atom. The molecule has 0 bridgehead atoms. The van der Waals surface area contributed by atoms with Gasteiger partial charge in [-0.05, 0) is 55.0 Å². The zero-order valence-electron chi connectivity index (χ0n) is 29.2. The van der Waals surface area contributed by atoms with Gasteiger partial charge in [0.1, 0.15) is 41.6 Å². The number of hydrogen-bond donors (Lipinski definition) is 3. The number of carbonyl (C=O) groups excluding carboxylic acids is 6. The summed E-state index contributed by atoms with van der Waals surface area (Å²) in [6.45, 7) is 0.440. The number of likely N-dealkylation sites (tertiary alicyclic amines) is 2. The van der Waals surface area contributed by atoms with Crippen molar-refractivity contribution < 1.29 is 56.2 Å². The molecule has 4 saturated heterocycles. The van der Waals surface area contributed by atoms with E-state index in [0.717, 1.165) is 0 Å². The number of imide groups is 1. The van der Waals surface area contributed by atoms with E-state index in [2.05, 4.69) is 5.32 Å². The molecule has 1 unspecified atom stereocenters. The second-order valence-corrected chi connectivity index (χ2v) is 15.7. The number of benzene rings is 3. The smallest absolute Gasteiger partial charge is 0.326 e. The monoisotopic (exact) mass is 778 g/mol. The lowest BCUT2D eigenvalue weighted by Gasteiger charge is -2.42. The van der Waals surface area contributed by atoms with Crippen LogP contribution in [-0.2, 0) is 40.7 Å². The maximum atomic E-state index is 15.6. The number of hydrogen-bond acceptors (Lipinski definition) is 11. The Morgan fingerprint density at radius 1 is 0.945 bits per heavy atom. The first-order valence-corrected chi connectivity index (χ1v) is 19.1. The van der Waals surface area contributed by atoms with E-state index in [1.807, 2.05) is 0 Å². The van der Waals surface area contributed by atoms with Crippen molar-refractivity contribution in [2.24, 2.45) is 5.92 Å². The summed E-state index contributed by atoms with van der Waals surface area (Å²) in [4.78, 5) is 79.9. The molecule has 0 saturated carbocycles. The standard InChI is InChI=1S/C36H35FN6O11S/c37-32-24-13-21(5-4-20(24)12-27(44)33(32)43-17-30(46)39-55(43,51)52)54-22-14-41(15-22)35(49)19-8-10-40(11-9-19)31(47)18-53-28-3-1-2-23-25(28)16-42(36(23)50)26-6-7-29(45)38-34(26)48/h1-5,12-13,19,22,26,44H,6-11,14-18H2,(H,39,46)(H,38,45,48). The van der Waals surface area contributed by atoms with Gasteiger partial charge in [0, 0.05) is 41.9 Å². The summed E-state index contributed by atoms with van der Waals surface area (Å²) in [6, 6.07) is 9.81. The van der Waals surface area contributed by atoms with Gasteiger partial charge >= 0.3 is 10.2 Å². The van der Waals surface area contributed by atoms with Crippen molar-refractivity contribution >= 4 is 62.1 Å². The van der Waals surface area contributed by atoms with E-state index < -0.39 is 51.9 Å². The third kappa shape index (κ3) is 6.61. The Morgan fingerprint density at radius 3 is 2.42 bits per heavy atom. The van der Waals surface area contributed by atoms with Crippen LogP contribution in [0.3, 0.4) is 0 Å². The van der Waals surface area contributed by atoms with Crippen molar-refractivity contribution in [1.82, 2.24) is 24.7 Å². The van der Waals surface area contributed by atoms with Crippen molar-refractivity contribution in [2.45, 2.75) is 44.4 Å². The quantitative estimate of drug-likeness (QED) is 0.269. The largest absolute Gasteiger partial charge is 0.506 e. The molecule has 1 atom stereocenters. The molecule has 5 heterocycles. The first-order chi connectivity index (χ1) is 26.3. The van der Waals surface area contributed by atoms with E-state index in [4.69, 9.17) is 9.47 Å². The highest BCUT2D eigenvalue weighted by molar-refractivity contribution is 7.92. The Bertz CT molecular complexity index is 2290. The maximum absolute atomic E-state index is 15.6. The van der Waals surface area contributed by atoms with Crippen LogP contribution in [-0.4, -0.2) is 115 Å². The number of ether oxygens (including phenoxy) is 2. The van der Waals surface area contributed by atoms with E-state index in [1.54, 1.807) is 38.8 Å². The third-order valence-corrected chi connectivity index (χ3v) is 12.0. The molecule has 0 radical (unpaired) electrons. The van der Waals surface area contributed by atoms with Gasteiger partial charge in [-0.3, -0.25) is 34.1 Å². The molecule has 3 aromatic carbocycles. The molecule has 4 fully saturated rings. The van der Waals surface area contributed by atoms with Crippen LogP contribution in [0.5, 0.6) is 17.2 Å². The summed E-state index contributed by atoms with van der Waals surface area (Å²) in [5.74, 6) is -3.78. The molecule has 6 amide bonds. The Kier molecular flexibility index (Phi) is 8.97. The molecule has 17 nitrogen and oxygen atoms in total. The van der Waals surface area contributed by atoms with Crippen molar-refractivity contribution in [1.29, 1.82) is 0 Å². The summed E-state index contributed by atoms with van der Waals surface area (Å²) in [5.41, 5.74) is 0.296. The number of phenolic OH excluding ortho intramolecular Hbond substituents is 1. The topological polar surface area (TPSA) is 212 Å². The van der Waals surface area contributed by atoms with Crippen molar-refractivity contribution in [3.05, 3.63) is 59.4 Å². The number of fused-ring (bicyclic) bond motifs is 2. The fraction of sp³-hybridized carbons (Fsp3) is 0.389. The van der Waals surface area contributed by atoms with Gasteiger partial charge in [0.05, 0.1) is 19.6 Å². The fourth-order valence-corrected chi connectivity index (χ4v) is 8.87. The van der Waals surface area contributed by atoms with Gasteiger partial charge in [-0.25, -0.2) is 13.4 Å². The molecule has 3 aromatic rings. The lowest BCUT2D eigenvalue weighted by molar-refractivity contribution is -0.148. The van der Waals surface area contributed by atoms with Gasteiger partial charge in [0.2, 0.25) is 17.7 Å². The Balaban J connectivity index is 0.817. The van der Waals surface area contributed by atoms with Gasteiger partial charge in [0.25, 0.3) is 17.7 Å². The molecule has 0 aromatic heterocycles. The van der Waals surface area contributed by atoms with Gasteiger partial charge in [-0.1, -0.05) is 12.1 Å². The zero-order valence-corrected chi connectivity index (χ0v) is 30.0. The average Bonchev–Trinajstić information content (AvgIpc) is 3.61. The minimum atomic E-state index is -4.37. The molecule has 8 rings (SSSR count). The second-order valence-electron chi connectivity index (χ2n) is 14.1. The predicted octanol–water partition coefficient (Wildman–Crippen LogP) is 0.534. The normalized spacial score (nSPS) is 21.4. The van der Waals surface area contributed by atoms with Gasteiger partial charge in [0.15, 0.2) is 12.4 Å². The zero-order chi connectivity index (χ0) is 38.8. The maximum Gasteiger partial charge on any atom is 0.326 e. The molecule has 3 N–H and O–H groups in total. The number of nitrogens with one attached hydrogen (secondary N) is 2. The molecule has 5 aliphatic rings. The van der Waals surface area contributed by atoms with Crippen molar-refractivity contribution in [3.8, 4) is 17.2 Å². The van der Waals surface area contributed by atoms with Crippen LogP contribution in [0.4, 0.5) is 10.1 Å². The highest BCUT2D eigenvalue weighted by Crippen LogP contribution is 2.40. The number of carbonyl (C=O) groups is 6. The van der Waals surface area contributed by atoms with Crippen LogP contribution in [0.15, 0.2) is 42.5 Å². The molecule has 55 heavy (non-hydrogen) atoms. The number of phenols is 1. The van der Waals surface area contributed by atoms with Gasteiger partial charge < -0.3 is 29.3 Å². The number of piperidine rings is 2. The summed E-state index contributed by atoms with van der Waals surface area (Å²) >= 11 is 0. The van der Waals surface area contributed by atoms with Crippen molar-refractivity contribution in [3.63, 3.8) is 0 Å². The number of rotatable bonds is 8. The summed E-state index contributed by atoms with van der Waals surface area (Å²) < 4.78 is 54.3. The van der Waals surface area contributed by atoms with Crippen LogP contribution < -0.4 is 23.8 Å². The van der Waals surface area contributed by atoms with Crippen LogP contribution in [0.2, 0.25) is 0 Å². The van der Waals surface area contributed by atoms with Crippen LogP contribution >= 0.6 is 0 Å². The first-order valence-electron chi connectivity index (χ1n) is 17.7. The summed E-state index contributed by atoms with van der Waals surface area (Å²) in [5, 5.41) is 12.9. The van der Waals surface area contributed by atoms with E-state index >= 15 is 4.39 Å². The van der Waals surface area contributed by atoms with E-state index in [1.165, 1.54) is 23.1 Å². The molecule has 288 valence electrons. The number of amides is 6. The number of halogens is 1.